The van der Waals surface area contributed by atoms with Crippen molar-refractivity contribution in [3.8, 4) is 11.4 Å². The fourth-order valence-corrected chi connectivity index (χ4v) is 1.57. The number of benzene rings is 1. The second-order valence-corrected chi connectivity index (χ2v) is 3.47. The van der Waals surface area contributed by atoms with Crippen molar-refractivity contribution in [1.82, 2.24) is 10.1 Å². The molecule has 1 aromatic carbocycles. The highest BCUT2D eigenvalue weighted by molar-refractivity contribution is 6.35. The van der Waals surface area contributed by atoms with Crippen LogP contribution in [0.3, 0.4) is 0 Å². The highest BCUT2D eigenvalue weighted by atomic mass is 35.5. The summed E-state index contributed by atoms with van der Waals surface area (Å²) in [5.41, 5.74) is 0.605. The molecule has 0 atom stereocenters. The number of aromatic nitrogens is 2. The van der Waals surface area contributed by atoms with Crippen LogP contribution in [-0.4, -0.2) is 10.1 Å². The van der Waals surface area contributed by atoms with E-state index in [1.54, 1.807) is 18.2 Å². The molecule has 0 spiro atoms. The van der Waals surface area contributed by atoms with Gasteiger partial charge in [0.15, 0.2) is 5.82 Å². The van der Waals surface area contributed by atoms with Gasteiger partial charge in [0.05, 0.1) is 0 Å². The van der Waals surface area contributed by atoms with Gasteiger partial charge in [0, 0.05) is 15.6 Å². The van der Waals surface area contributed by atoms with Crippen LogP contribution in [0.4, 0.5) is 0 Å². The summed E-state index contributed by atoms with van der Waals surface area (Å²) in [5.74, 6) is -0.310. The van der Waals surface area contributed by atoms with Crippen molar-refractivity contribution >= 4 is 23.2 Å². The quantitative estimate of drug-likeness (QED) is 0.819. The average Bonchev–Trinajstić information content (AvgIpc) is 2.50. The molecule has 0 aliphatic carbocycles. The lowest BCUT2D eigenvalue weighted by Gasteiger charge is -1.97. The second-order valence-electron chi connectivity index (χ2n) is 2.60. The Bertz CT molecular complexity index is 498. The van der Waals surface area contributed by atoms with Gasteiger partial charge in [-0.3, -0.25) is 9.51 Å². The van der Waals surface area contributed by atoms with Crippen LogP contribution in [0.2, 0.25) is 10.0 Å². The lowest BCUT2D eigenvalue weighted by molar-refractivity contribution is 0.388. The van der Waals surface area contributed by atoms with E-state index in [0.717, 1.165) is 0 Å². The maximum absolute atomic E-state index is 10.7. The Labute approximate surface area is 88.4 Å². The van der Waals surface area contributed by atoms with Gasteiger partial charge in [-0.1, -0.05) is 28.4 Å². The lowest BCUT2D eigenvalue weighted by Crippen LogP contribution is -1.94. The molecule has 4 nitrogen and oxygen atoms in total. The number of hydrogen-bond acceptors (Lipinski definition) is 3. The van der Waals surface area contributed by atoms with Crippen molar-refractivity contribution in [3.63, 3.8) is 0 Å². The van der Waals surface area contributed by atoms with Crippen LogP contribution in [0.15, 0.2) is 27.5 Å². The molecule has 0 bridgehead atoms. The summed E-state index contributed by atoms with van der Waals surface area (Å²) >= 11 is 11.5. The van der Waals surface area contributed by atoms with Crippen LogP contribution in [0.5, 0.6) is 0 Å². The van der Waals surface area contributed by atoms with E-state index in [1.807, 2.05) is 0 Å². The lowest BCUT2D eigenvalue weighted by atomic mass is 10.2. The first-order valence-electron chi connectivity index (χ1n) is 3.67. The van der Waals surface area contributed by atoms with E-state index in [2.05, 4.69) is 14.7 Å². The summed E-state index contributed by atoms with van der Waals surface area (Å²) in [7, 11) is 0. The van der Waals surface area contributed by atoms with Crippen LogP contribution >= 0.6 is 23.2 Å². The zero-order chi connectivity index (χ0) is 10.1. The van der Waals surface area contributed by atoms with E-state index >= 15 is 0 Å². The zero-order valence-electron chi connectivity index (χ0n) is 6.75. The third-order valence-electron chi connectivity index (χ3n) is 1.58. The monoisotopic (exact) mass is 230 g/mol. The maximum atomic E-state index is 10.7. The molecule has 1 N–H and O–H groups in total. The molecule has 0 unspecified atom stereocenters. The molecule has 0 amide bonds. The van der Waals surface area contributed by atoms with Gasteiger partial charge in [-0.15, -0.1) is 0 Å². The minimum absolute atomic E-state index is 0.305. The Morgan fingerprint density at radius 2 is 1.86 bits per heavy atom. The van der Waals surface area contributed by atoms with Crippen LogP contribution in [0.25, 0.3) is 11.4 Å². The van der Waals surface area contributed by atoms with E-state index in [-0.39, 0.29) is 0 Å². The summed E-state index contributed by atoms with van der Waals surface area (Å²) in [6.45, 7) is 0. The van der Waals surface area contributed by atoms with E-state index in [1.165, 1.54) is 0 Å². The van der Waals surface area contributed by atoms with Gasteiger partial charge in [0.1, 0.15) is 0 Å². The Hall–Kier alpha value is -1.26. The van der Waals surface area contributed by atoms with Gasteiger partial charge in [0.25, 0.3) is 0 Å². The molecule has 0 aliphatic heterocycles. The van der Waals surface area contributed by atoms with Crippen LogP contribution < -0.4 is 5.76 Å². The molecular weight excluding hydrogens is 227 g/mol. The third-order valence-corrected chi connectivity index (χ3v) is 2.01. The topological polar surface area (TPSA) is 58.9 Å². The molecule has 0 saturated carbocycles. The molecule has 0 saturated heterocycles. The van der Waals surface area contributed by atoms with Crippen LogP contribution in [0.1, 0.15) is 0 Å². The predicted molar refractivity (Wildman–Crippen MR) is 52.6 cm³/mol. The molecule has 0 fully saturated rings. The molecule has 6 heteroatoms. The minimum Gasteiger partial charge on any atom is -0.296 e. The maximum Gasteiger partial charge on any atom is 0.439 e. The molecule has 14 heavy (non-hydrogen) atoms. The molecule has 0 radical (unpaired) electrons. The van der Waals surface area contributed by atoms with E-state index in [4.69, 9.17) is 23.2 Å². The van der Waals surface area contributed by atoms with Crippen molar-refractivity contribution < 1.29 is 4.52 Å². The Morgan fingerprint density at radius 1 is 1.21 bits per heavy atom. The summed E-state index contributed by atoms with van der Waals surface area (Å²) < 4.78 is 4.35. The van der Waals surface area contributed by atoms with Gasteiger partial charge in [-0.2, -0.15) is 0 Å². The minimum atomic E-state index is -0.615. The van der Waals surface area contributed by atoms with Crippen molar-refractivity contribution in [2.75, 3.05) is 0 Å². The number of hydrogen-bond donors (Lipinski definition) is 1. The number of halogens is 2. The summed E-state index contributed by atoms with van der Waals surface area (Å²) in [6.07, 6.45) is 0. The molecule has 1 heterocycles. The summed E-state index contributed by atoms with van der Waals surface area (Å²) in [6, 6.07) is 4.84. The van der Waals surface area contributed by atoms with Gasteiger partial charge in [-0.25, -0.2) is 4.79 Å². The molecule has 72 valence electrons. The standard InChI is InChI=1S/C8H4Cl2N2O2/c9-5-1-4(2-6(10)3-5)7-11-8(13)14-12-7/h1-3H,(H,11,12,13). The first-order chi connectivity index (χ1) is 6.65. The number of aromatic amines is 1. The second kappa shape index (κ2) is 3.48. The Balaban J connectivity index is 2.56. The average molecular weight is 231 g/mol. The highest BCUT2D eigenvalue weighted by Crippen LogP contribution is 2.24. The number of H-pyrrole nitrogens is 1. The number of nitrogens with zero attached hydrogens (tertiary/aromatic N) is 1. The fourth-order valence-electron chi connectivity index (χ4n) is 1.04. The summed E-state index contributed by atoms with van der Waals surface area (Å²) in [5, 5.41) is 4.45. The van der Waals surface area contributed by atoms with Crippen LogP contribution in [-0.2, 0) is 0 Å². The smallest absolute Gasteiger partial charge is 0.296 e. The zero-order valence-corrected chi connectivity index (χ0v) is 8.26. The highest BCUT2D eigenvalue weighted by Gasteiger charge is 2.05. The van der Waals surface area contributed by atoms with Crippen molar-refractivity contribution in [1.29, 1.82) is 0 Å². The Morgan fingerprint density at radius 3 is 2.36 bits per heavy atom. The van der Waals surface area contributed by atoms with E-state index in [0.29, 0.717) is 21.4 Å². The van der Waals surface area contributed by atoms with Gasteiger partial charge in [-0.05, 0) is 18.2 Å². The summed E-state index contributed by atoms with van der Waals surface area (Å²) in [4.78, 5) is 13.1. The molecule has 0 aliphatic rings. The molecule has 2 rings (SSSR count). The Kier molecular flexibility index (Phi) is 2.31. The normalized spacial score (nSPS) is 10.4. The third kappa shape index (κ3) is 1.81. The fraction of sp³-hybridized carbons (Fsp3) is 0. The van der Waals surface area contributed by atoms with E-state index < -0.39 is 5.76 Å². The molecule has 1 aromatic heterocycles. The molecule has 2 aromatic rings. The van der Waals surface area contributed by atoms with Crippen molar-refractivity contribution in [2.45, 2.75) is 0 Å². The SMILES string of the molecule is O=c1[nH]c(-c2cc(Cl)cc(Cl)c2)no1. The first kappa shape index (κ1) is 9.30. The number of rotatable bonds is 1. The van der Waals surface area contributed by atoms with E-state index in [9.17, 15) is 4.79 Å². The predicted octanol–water partition coefficient (Wildman–Crippen LogP) is 2.34. The van der Waals surface area contributed by atoms with Crippen LogP contribution in [0, 0.1) is 0 Å². The van der Waals surface area contributed by atoms with Gasteiger partial charge < -0.3 is 0 Å². The molecular formula is C8H4Cl2N2O2. The largest absolute Gasteiger partial charge is 0.439 e. The van der Waals surface area contributed by atoms with Gasteiger partial charge in [0.2, 0.25) is 0 Å². The first-order valence-corrected chi connectivity index (χ1v) is 4.43. The van der Waals surface area contributed by atoms with Crippen molar-refractivity contribution in [3.05, 3.63) is 38.8 Å². The number of nitrogens with one attached hydrogen (secondary N) is 1. The van der Waals surface area contributed by atoms with Crippen molar-refractivity contribution in [2.24, 2.45) is 0 Å². The van der Waals surface area contributed by atoms with Gasteiger partial charge >= 0.3 is 5.76 Å².